The van der Waals surface area contributed by atoms with E-state index < -0.39 is 0 Å². The van der Waals surface area contributed by atoms with Gasteiger partial charge in [-0.15, -0.1) is 0 Å². The average molecular weight is 461 g/mol. The van der Waals surface area contributed by atoms with Crippen LogP contribution < -0.4 is 10.9 Å². The lowest BCUT2D eigenvalue weighted by Crippen LogP contribution is -2.34. The van der Waals surface area contributed by atoms with Gasteiger partial charge in [0, 0.05) is 42.6 Å². The van der Waals surface area contributed by atoms with Crippen LogP contribution in [0.4, 0.5) is 0 Å². The van der Waals surface area contributed by atoms with Crippen molar-refractivity contribution >= 4 is 27.7 Å². The van der Waals surface area contributed by atoms with Crippen molar-refractivity contribution < 1.29 is 9.53 Å². The van der Waals surface area contributed by atoms with Gasteiger partial charge in [-0.3, -0.25) is 9.59 Å². The maximum Gasteiger partial charge on any atom is 0.291 e. The zero-order chi connectivity index (χ0) is 24.2. The second-order valence-electron chi connectivity index (χ2n) is 8.75. The third kappa shape index (κ3) is 4.75. The fourth-order valence-electron chi connectivity index (χ4n) is 4.63. The Hall–Kier alpha value is -3.45. The summed E-state index contributed by atoms with van der Waals surface area (Å²) in [5, 5.41) is 8.95. The van der Waals surface area contributed by atoms with Crippen LogP contribution >= 0.6 is 0 Å². The maximum absolute atomic E-state index is 13.6. The topological polar surface area (TPSA) is 78.2 Å². The van der Waals surface area contributed by atoms with Crippen molar-refractivity contribution in [3.05, 3.63) is 75.2 Å². The van der Waals surface area contributed by atoms with Crippen LogP contribution in [0.3, 0.4) is 0 Å². The zero-order valence-electron chi connectivity index (χ0n) is 20.4. The molecule has 1 N–H and O–H groups in total. The Morgan fingerprint density at radius 3 is 2.56 bits per heavy atom. The summed E-state index contributed by atoms with van der Waals surface area (Å²) < 4.78 is 8.61. The lowest BCUT2D eigenvalue weighted by molar-refractivity contribution is -0.121. The molecule has 4 aromatic rings. The Morgan fingerprint density at radius 2 is 1.82 bits per heavy atom. The van der Waals surface area contributed by atoms with Crippen molar-refractivity contribution in [2.24, 2.45) is 0 Å². The summed E-state index contributed by atoms with van der Waals surface area (Å²) in [6, 6.07) is 12.3. The molecule has 0 aliphatic heterocycles. The fraction of sp³-hybridized carbons (Fsp3) is 0.370. The van der Waals surface area contributed by atoms with E-state index in [-0.39, 0.29) is 18.0 Å². The number of hydrogen-bond acceptors (Lipinski definition) is 4. The van der Waals surface area contributed by atoms with Crippen LogP contribution in [-0.4, -0.2) is 40.0 Å². The molecule has 178 valence electrons. The van der Waals surface area contributed by atoms with Crippen LogP contribution in [0.2, 0.25) is 0 Å². The number of nitrogens with one attached hydrogen (secondary N) is 1. The number of benzene rings is 2. The van der Waals surface area contributed by atoms with E-state index in [0.717, 1.165) is 22.7 Å². The standard InChI is InChI=1S/C27H32N4O3/c1-5-34-12-8-11-28-25(32)17-31-27(33)26-22(15-29-31)21-9-6-7-10-24(21)30(26)16-23-19(3)13-18(2)14-20(23)4/h6-7,9-10,13-15H,5,8,11-12,16-17H2,1-4H3,(H,28,32). The molecule has 2 heterocycles. The van der Waals surface area contributed by atoms with Crippen LogP contribution in [0.25, 0.3) is 21.8 Å². The minimum Gasteiger partial charge on any atom is -0.382 e. The van der Waals surface area contributed by atoms with E-state index in [1.54, 1.807) is 6.20 Å². The smallest absolute Gasteiger partial charge is 0.291 e. The number of carbonyl (C=O) groups excluding carboxylic acids is 1. The predicted molar refractivity (Wildman–Crippen MR) is 135 cm³/mol. The first-order valence-corrected chi connectivity index (χ1v) is 11.8. The van der Waals surface area contributed by atoms with Gasteiger partial charge in [-0.2, -0.15) is 5.10 Å². The number of aromatic nitrogens is 3. The summed E-state index contributed by atoms with van der Waals surface area (Å²) in [6.45, 7) is 10.5. The van der Waals surface area contributed by atoms with Crippen molar-refractivity contribution in [1.82, 2.24) is 19.7 Å². The normalized spacial score (nSPS) is 11.4. The first-order valence-electron chi connectivity index (χ1n) is 11.8. The molecule has 0 aliphatic carbocycles. The molecule has 0 saturated carbocycles. The van der Waals surface area contributed by atoms with Gasteiger partial charge in [-0.25, -0.2) is 4.68 Å². The zero-order valence-corrected chi connectivity index (χ0v) is 20.4. The quantitative estimate of drug-likeness (QED) is 0.385. The van der Waals surface area contributed by atoms with Crippen LogP contribution in [0, 0.1) is 20.8 Å². The van der Waals surface area contributed by atoms with Crippen molar-refractivity contribution in [3.63, 3.8) is 0 Å². The Bertz CT molecular complexity index is 1380. The van der Waals surface area contributed by atoms with Gasteiger partial charge in [0.25, 0.3) is 5.56 Å². The Kier molecular flexibility index (Phi) is 7.12. The number of ether oxygens (including phenoxy) is 1. The van der Waals surface area contributed by atoms with Gasteiger partial charge in [-0.05, 0) is 56.9 Å². The number of para-hydroxylation sites is 1. The van der Waals surface area contributed by atoms with Crippen molar-refractivity contribution in [2.75, 3.05) is 19.8 Å². The molecule has 0 fully saturated rings. The number of amides is 1. The highest BCUT2D eigenvalue weighted by atomic mass is 16.5. The second kappa shape index (κ2) is 10.2. The Morgan fingerprint density at radius 1 is 1.09 bits per heavy atom. The molecule has 0 radical (unpaired) electrons. The van der Waals surface area contributed by atoms with Crippen LogP contribution in [0.15, 0.2) is 47.4 Å². The van der Waals surface area contributed by atoms with Gasteiger partial charge < -0.3 is 14.6 Å². The predicted octanol–water partition coefficient (Wildman–Crippen LogP) is 3.87. The van der Waals surface area contributed by atoms with E-state index in [1.807, 2.05) is 31.2 Å². The molecule has 0 bridgehead atoms. The molecule has 0 unspecified atom stereocenters. The van der Waals surface area contributed by atoms with E-state index in [2.05, 4.69) is 47.9 Å². The molecular weight excluding hydrogens is 428 g/mol. The summed E-state index contributed by atoms with van der Waals surface area (Å²) in [6.07, 6.45) is 2.43. The van der Waals surface area contributed by atoms with E-state index in [4.69, 9.17) is 4.74 Å². The summed E-state index contributed by atoms with van der Waals surface area (Å²) in [4.78, 5) is 26.0. The molecule has 7 nitrogen and oxygen atoms in total. The first-order chi connectivity index (χ1) is 16.4. The Balaban J connectivity index is 1.72. The molecule has 2 aromatic carbocycles. The van der Waals surface area contributed by atoms with Crippen molar-refractivity contribution in [3.8, 4) is 0 Å². The molecule has 2 aromatic heterocycles. The monoisotopic (exact) mass is 460 g/mol. The number of fused-ring (bicyclic) bond motifs is 3. The van der Waals surface area contributed by atoms with Gasteiger partial charge in [0.05, 0.1) is 6.20 Å². The molecule has 1 amide bonds. The lowest BCUT2D eigenvalue weighted by atomic mass is 10.00. The number of nitrogens with zero attached hydrogens (tertiary/aromatic N) is 3. The molecular formula is C27H32N4O3. The lowest BCUT2D eigenvalue weighted by Gasteiger charge is -2.14. The van der Waals surface area contributed by atoms with E-state index in [1.165, 1.54) is 26.9 Å². The summed E-state index contributed by atoms with van der Waals surface area (Å²) >= 11 is 0. The molecule has 0 spiro atoms. The molecule has 0 saturated heterocycles. The molecule has 0 atom stereocenters. The van der Waals surface area contributed by atoms with Gasteiger partial charge >= 0.3 is 0 Å². The van der Waals surface area contributed by atoms with Crippen molar-refractivity contribution in [1.29, 1.82) is 0 Å². The second-order valence-corrected chi connectivity index (χ2v) is 8.75. The van der Waals surface area contributed by atoms with Crippen molar-refractivity contribution in [2.45, 2.75) is 47.2 Å². The van der Waals surface area contributed by atoms with Crippen LogP contribution in [0.1, 0.15) is 35.6 Å². The highest BCUT2D eigenvalue weighted by molar-refractivity contribution is 6.07. The minimum absolute atomic E-state index is 0.118. The number of rotatable bonds is 9. The van der Waals surface area contributed by atoms with Gasteiger partial charge in [-0.1, -0.05) is 35.9 Å². The Labute approximate surface area is 199 Å². The minimum atomic E-state index is -0.263. The number of carbonyl (C=O) groups is 1. The van der Waals surface area contributed by atoms with Crippen LogP contribution in [-0.2, 0) is 22.6 Å². The van der Waals surface area contributed by atoms with E-state index in [0.29, 0.717) is 31.8 Å². The third-order valence-corrected chi connectivity index (χ3v) is 6.21. The van der Waals surface area contributed by atoms with E-state index in [9.17, 15) is 9.59 Å². The average Bonchev–Trinajstić information content (AvgIpc) is 3.12. The first kappa shape index (κ1) is 23.7. The van der Waals surface area contributed by atoms with Gasteiger partial charge in [0.15, 0.2) is 0 Å². The fourth-order valence-corrected chi connectivity index (χ4v) is 4.63. The number of hydrogen-bond donors (Lipinski definition) is 1. The summed E-state index contributed by atoms with van der Waals surface area (Å²) in [5.74, 6) is -0.238. The highest BCUT2D eigenvalue weighted by Crippen LogP contribution is 2.28. The molecule has 4 rings (SSSR count). The largest absolute Gasteiger partial charge is 0.382 e. The van der Waals surface area contributed by atoms with E-state index >= 15 is 0 Å². The number of aryl methyl sites for hydroxylation is 3. The SMILES string of the molecule is CCOCCCNC(=O)Cn1ncc2c3ccccc3n(Cc3c(C)cc(C)cc3C)c2c1=O. The molecule has 34 heavy (non-hydrogen) atoms. The molecule has 7 heteroatoms. The van der Waals surface area contributed by atoms with Gasteiger partial charge in [0.2, 0.25) is 5.91 Å². The maximum atomic E-state index is 13.6. The third-order valence-electron chi connectivity index (χ3n) is 6.21. The molecule has 0 aliphatic rings. The van der Waals surface area contributed by atoms with Crippen LogP contribution in [0.5, 0.6) is 0 Å². The highest BCUT2D eigenvalue weighted by Gasteiger charge is 2.18. The summed E-state index contributed by atoms with van der Waals surface area (Å²) in [7, 11) is 0. The van der Waals surface area contributed by atoms with Gasteiger partial charge in [0.1, 0.15) is 12.1 Å². The summed E-state index contributed by atoms with van der Waals surface area (Å²) in [5.41, 5.74) is 6.10.